The molecular weight excluding hydrogens is 430 g/mol. The first-order chi connectivity index (χ1) is 15.2. The van der Waals surface area contributed by atoms with Crippen LogP contribution in [0.3, 0.4) is 0 Å². The molecule has 1 atom stereocenters. The smallest absolute Gasteiger partial charge is 0.269 e. The highest BCUT2D eigenvalue weighted by atomic mass is 32.2. The molecule has 3 amide bonds. The molecule has 170 valence electrons. The minimum Gasteiger partial charge on any atom is -0.352 e. The van der Waals surface area contributed by atoms with Crippen LogP contribution in [0.5, 0.6) is 0 Å². The number of hydrogen-bond acceptors (Lipinski definition) is 5. The van der Waals surface area contributed by atoms with Gasteiger partial charge in [-0.25, -0.2) is 12.7 Å². The van der Waals surface area contributed by atoms with Crippen molar-refractivity contribution in [2.75, 3.05) is 6.54 Å². The molecule has 2 aromatic rings. The van der Waals surface area contributed by atoms with Crippen molar-refractivity contribution < 1.29 is 22.8 Å². The molecule has 0 spiro atoms. The van der Waals surface area contributed by atoms with Crippen molar-refractivity contribution in [3.63, 3.8) is 0 Å². The maximum absolute atomic E-state index is 13.4. The highest BCUT2D eigenvalue weighted by Gasteiger charge is 2.43. The highest BCUT2D eigenvalue weighted by Crippen LogP contribution is 2.30. The Morgan fingerprint density at radius 1 is 1.03 bits per heavy atom. The molecule has 1 aliphatic rings. The Bertz CT molecular complexity index is 1120. The Hall–Kier alpha value is -3.20. The number of fused-ring (bicyclic) bond motifs is 1. The summed E-state index contributed by atoms with van der Waals surface area (Å²) in [6, 6.07) is 14.0. The van der Waals surface area contributed by atoms with Gasteiger partial charge in [-0.05, 0) is 38.0 Å². The Balaban J connectivity index is 1.91. The van der Waals surface area contributed by atoms with E-state index in [0.717, 1.165) is 5.56 Å². The van der Waals surface area contributed by atoms with E-state index in [2.05, 4.69) is 5.32 Å². The topological polar surface area (TPSA) is 104 Å². The second-order valence-electron chi connectivity index (χ2n) is 7.91. The Labute approximate surface area is 188 Å². The normalized spacial score (nSPS) is 15.4. The summed E-state index contributed by atoms with van der Waals surface area (Å²) in [5.74, 6) is -1.69. The van der Waals surface area contributed by atoms with Gasteiger partial charge < -0.3 is 10.2 Å². The average molecular weight is 458 g/mol. The van der Waals surface area contributed by atoms with Crippen molar-refractivity contribution in [1.82, 2.24) is 14.5 Å². The van der Waals surface area contributed by atoms with Crippen LogP contribution < -0.4 is 5.32 Å². The predicted octanol–water partition coefficient (Wildman–Crippen LogP) is 2.16. The molecule has 1 unspecified atom stereocenters. The molecule has 0 saturated heterocycles. The Morgan fingerprint density at radius 2 is 1.66 bits per heavy atom. The molecule has 3 rings (SSSR count). The number of sulfonamides is 1. The molecule has 1 aliphatic heterocycles. The van der Waals surface area contributed by atoms with E-state index >= 15 is 0 Å². The third kappa shape index (κ3) is 4.67. The van der Waals surface area contributed by atoms with Gasteiger partial charge in [-0.1, -0.05) is 49.4 Å². The van der Waals surface area contributed by atoms with Gasteiger partial charge in [-0.2, -0.15) is 0 Å². The second-order valence-corrected chi connectivity index (χ2v) is 9.74. The van der Waals surface area contributed by atoms with Crippen LogP contribution in [0.1, 0.15) is 43.1 Å². The first-order valence-corrected chi connectivity index (χ1v) is 11.9. The SMILES string of the molecule is CCC(C(=O)NC(C)C)N(Cc1ccccc1)C(=O)CN1C(=O)c2ccccc2S1(=O)=O. The van der Waals surface area contributed by atoms with Crippen LogP contribution in [-0.4, -0.2) is 54.0 Å². The minimum atomic E-state index is -4.13. The van der Waals surface area contributed by atoms with Gasteiger partial charge in [0.15, 0.2) is 0 Å². The molecule has 32 heavy (non-hydrogen) atoms. The first kappa shape index (κ1) is 23.5. The fourth-order valence-electron chi connectivity index (χ4n) is 3.68. The van der Waals surface area contributed by atoms with Crippen LogP contribution in [0.2, 0.25) is 0 Å². The van der Waals surface area contributed by atoms with Gasteiger partial charge in [-0.3, -0.25) is 14.4 Å². The molecule has 0 saturated carbocycles. The lowest BCUT2D eigenvalue weighted by molar-refractivity contribution is -0.141. The predicted molar refractivity (Wildman–Crippen MR) is 119 cm³/mol. The van der Waals surface area contributed by atoms with Gasteiger partial charge in [-0.15, -0.1) is 0 Å². The first-order valence-electron chi connectivity index (χ1n) is 10.5. The number of rotatable bonds is 8. The van der Waals surface area contributed by atoms with Crippen LogP contribution in [0.15, 0.2) is 59.5 Å². The van der Waals surface area contributed by atoms with E-state index in [1.807, 2.05) is 44.2 Å². The van der Waals surface area contributed by atoms with E-state index in [1.54, 1.807) is 13.0 Å². The van der Waals surface area contributed by atoms with Crippen molar-refractivity contribution in [3.8, 4) is 0 Å². The van der Waals surface area contributed by atoms with Crippen molar-refractivity contribution in [2.24, 2.45) is 0 Å². The van der Waals surface area contributed by atoms with Crippen molar-refractivity contribution in [3.05, 3.63) is 65.7 Å². The molecular formula is C23H27N3O5S. The lowest BCUT2D eigenvalue weighted by Gasteiger charge is -2.32. The Morgan fingerprint density at radius 3 is 2.25 bits per heavy atom. The molecule has 9 heteroatoms. The quantitative estimate of drug-likeness (QED) is 0.654. The molecule has 1 heterocycles. The number of benzene rings is 2. The zero-order chi connectivity index (χ0) is 23.5. The van der Waals surface area contributed by atoms with Crippen molar-refractivity contribution >= 4 is 27.7 Å². The molecule has 0 fully saturated rings. The zero-order valence-electron chi connectivity index (χ0n) is 18.3. The fourth-order valence-corrected chi connectivity index (χ4v) is 5.20. The third-order valence-corrected chi connectivity index (χ3v) is 6.99. The number of hydrogen-bond donors (Lipinski definition) is 1. The summed E-state index contributed by atoms with van der Waals surface area (Å²) in [5, 5.41) is 2.82. The number of carbonyl (C=O) groups is 3. The van der Waals surface area contributed by atoms with E-state index < -0.39 is 34.4 Å². The number of nitrogens with one attached hydrogen (secondary N) is 1. The summed E-state index contributed by atoms with van der Waals surface area (Å²) in [5.41, 5.74) is 0.829. The Kier molecular flexibility index (Phi) is 6.98. The van der Waals surface area contributed by atoms with E-state index in [0.29, 0.717) is 10.7 Å². The van der Waals surface area contributed by atoms with Crippen LogP contribution >= 0.6 is 0 Å². The molecule has 0 aromatic heterocycles. The monoisotopic (exact) mass is 457 g/mol. The van der Waals surface area contributed by atoms with Gasteiger partial charge in [0, 0.05) is 12.6 Å². The van der Waals surface area contributed by atoms with E-state index in [-0.39, 0.29) is 29.0 Å². The maximum Gasteiger partial charge on any atom is 0.269 e. The van der Waals surface area contributed by atoms with E-state index in [4.69, 9.17) is 0 Å². The minimum absolute atomic E-state index is 0.0412. The highest BCUT2D eigenvalue weighted by molar-refractivity contribution is 7.90. The second kappa shape index (κ2) is 9.52. The van der Waals surface area contributed by atoms with E-state index in [1.165, 1.54) is 23.1 Å². The molecule has 0 radical (unpaired) electrons. The van der Waals surface area contributed by atoms with Crippen LogP contribution in [0.25, 0.3) is 0 Å². The summed E-state index contributed by atoms with van der Waals surface area (Å²) in [6.45, 7) is 4.86. The summed E-state index contributed by atoms with van der Waals surface area (Å²) in [4.78, 5) is 40.2. The van der Waals surface area contributed by atoms with Gasteiger partial charge in [0.25, 0.3) is 15.9 Å². The van der Waals surface area contributed by atoms with Crippen LogP contribution in [0.4, 0.5) is 0 Å². The van der Waals surface area contributed by atoms with Crippen LogP contribution in [-0.2, 0) is 26.2 Å². The standard InChI is InChI=1S/C23H27N3O5S/c1-4-19(22(28)24-16(2)3)25(14-17-10-6-5-7-11-17)21(27)15-26-23(29)18-12-8-9-13-20(18)32(26,30)31/h5-13,16,19H,4,14-15H2,1-3H3,(H,24,28). The van der Waals surface area contributed by atoms with Gasteiger partial charge >= 0.3 is 0 Å². The maximum atomic E-state index is 13.4. The third-order valence-electron chi connectivity index (χ3n) is 5.20. The van der Waals surface area contributed by atoms with Crippen molar-refractivity contribution in [1.29, 1.82) is 0 Å². The molecule has 8 nitrogen and oxygen atoms in total. The van der Waals surface area contributed by atoms with Gasteiger partial charge in [0.1, 0.15) is 17.5 Å². The summed E-state index contributed by atoms with van der Waals surface area (Å²) in [7, 11) is -4.13. The van der Waals surface area contributed by atoms with Gasteiger partial charge in [0.05, 0.1) is 5.56 Å². The molecule has 2 aromatic carbocycles. The van der Waals surface area contributed by atoms with Crippen LogP contribution in [0, 0.1) is 0 Å². The number of amides is 3. The largest absolute Gasteiger partial charge is 0.352 e. The fraction of sp³-hybridized carbons (Fsp3) is 0.348. The zero-order valence-corrected chi connectivity index (χ0v) is 19.1. The summed E-state index contributed by atoms with van der Waals surface area (Å²) in [6.07, 6.45) is 0.331. The molecule has 0 aliphatic carbocycles. The lowest BCUT2D eigenvalue weighted by Crippen LogP contribution is -2.53. The summed E-state index contributed by atoms with van der Waals surface area (Å²) < 4.78 is 26.4. The lowest BCUT2D eigenvalue weighted by atomic mass is 10.1. The summed E-state index contributed by atoms with van der Waals surface area (Å²) >= 11 is 0. The average Bonchev–Trinajstić information content (AvgIpc) is 2.94. The van der Waals surface area contributed by atoms with Crippen molar-refractivity contribution in [2.45, 2.75) is 50.7 Å². The van der Waals surface area contributed by atoms with Gasteiger partial charge in [0.2, 0.25) is 11.8 Å². The molecule has 0 bridgehead atoms. The number of nitrogens with zero attached hydrogens (tertiary/aromatic N) is 2. The molecule has 1 N–H and O–H groups in total. The number of carbonyl (C=O) groups excluding carboxylic acids is 3. The van der Waals surface area contributed by atoms with E-state index in [9.17, 15) is 22.8 Å².